The summed E-state index contributed by atoms with van der Waals surface area (Å²) >= 11 is 9.90. The van der Waals surface area contributed by atoms with E-state index < -0.39 is 28.5 Å². The molecule has 46 heavy (non-hydrogen) atoms. The first-order valence-corrected chi connectivity index (χ1v) is 17.6. The van der Waals surface area contributed by atoms with E-state index in [1.54, 1.807) is 60.7 Å². The fourth-order valence-electron chi connectivity index (χ4n) is 4.87. The molecule has 0 saturated heterocycles. The Morgan fingerprint density at radius 2 is 1.54 bits per heavy atom. The third-order valence-electron chi connectivity index (χ3n) is 7.24. The molecule has 0 aliphatic heterocycles. The minimum atomic E-state index is -4.23. The molecule has 4 aromatic carbocycles. The Labute approximate surface area is 284 Å². The van der Waals surface area contributed by atoms with Crippen molar-refractivity contribution in [3.63, 3.8) is 0 Å². The fourth-order valence-corrected chi connectivity index (χ4v) is 6.74. The molecular weight excluding hydrogens is 690 g/mol. The minimum absolute atomic E-state index is 0.00893. The third kappa shape index (κ3) is 9.11. The lowest BCUT2D eigenvalue weighted by atomic mass is 10.0. The predicted molar refractivity (Wildman–Crippen MR) is 186 cm³/mol. The monoisotopic (exact) mass is 725 g/mol. The number of halogens is 2. The summed E-state index contributed by atoms with van der Waals surface area (Å²) in [6.07, 6.45) is 0.925. The summed E-state index contributed by atoms with van der Waals surface area (Å²) in [4.78, 5) is 29.7. The molecule has 0 unspecified atom stereocenters. The van der Waals surface area contributed by atoms with Gasteiger partial charge in [0.05, 0.1) is 17.2 Å². The average Bonchev–Trinajstić information content (AvgIpc) is 3.06. The van der Waals surface area contributed by atoms with Crippen LogP contribution in [-0.2, 0) is 32.6 Å². The van der Waals surface area contributed by atoms with Crippen molar-refractivity contribution >= 4 is 55.1 Å². The highest BCUT2D eigenvalue weighted by Gasteiger charge is 2.35. The first kappa shape index (κ1) is 35.0. The number of nitrogens with zero attached hydrogens (tertiary/aromatic N) is 2. The van der Waals surface area contributed by atoms with Gasteiger partial charge in [0.1, 0.15) is 18.3 Å². The van der Waals surface area contributed by atoms with Gasteiger partial charge in [-0.25, -0.2) is 8.42 Å². The van der Waals surface area contributed by atoms with Crippen LogP contribution in [0.1, 0.15) is 31.4 Å². The lowest BCUT2D eigenvalue weighted by Crippen LogP contribution is -2.53. The Morgan fingerprint density at radius 1 is 0.891 bits per heavy atom. The normalized spacial score (nSPS) is 11.8. The van der Waals surface area contributed by atoms with Crippen LogP contribution in [0.5, 0.6) is 5.75 Å². The van der Waals surface area contributed by atoms with Crippen molar-refractivity contribution in [1.82, 2.24) is 10.2 Å². The van der Waals surface area contributed by atoms with Gasteiger partial charge in [-0.3, -0.25) is 13.9 Å². The van der Waals surface area contributed by atoms with Gasteiger partial charge in [-0.15, -0.1) is 0 Å². The summed E-state index contributed by atoms with van der Waals surface area (Å²) in [5, 5.41) is 3.37. The molecule has 1 N–H and O–H groups in total. The molecule has 8 nitrogen and oxygen atoms in total. The molecule has 0 heterocycles. The molecule has 0 radical (unpaired) electrons. The first-order chi connectivity index (χ1) is 22.1. The standard InChI is InChI=1S/C35H37BrClN3O5S/c1-3-22-38-35(42)33(23-26-10-6-5-7-11-26)39(24-27-12-8-9-13-32(27)37)34(41)25-40(29-16-18-30(19-17-29)45-4-2)46(43,44)31-20-14-28(36)15-21-31/h5-21,33H,3-4,22-25H2,1-2H3,(H,38,42)/t33-/m1/s1. The van der Waals surface area contributed by atoms with Gasteiger partial charge in [-0.1, -0.05) is 83.0 Å². The Balaban J connectivity index is 1.80. The van der Waals surface area contributed by atoms with Crippen LogP contribution < -0.4 is 14.4 Å². The second-order valence-electron chi connectivity index (χ2n) is 10.5. The van der Waals surface area contributed by atoms with Crippen molar-refractivity contribution in [1.29, 1.82) is 0 Å². The van der Waals surface area contributed by atoms with Gasteiger partial charge in [0.15, 0.2) is 0 Å². The van der Waals surface area contributed by atoms with Gasteiger partial charge < -0.3 is 15.0 Å². The molecule has 0 spiro atoms. The Kier molecular flexibility index (Phi) is 12.7. The molecule has 0 fully saturated rings. The van der Waals surface area contributed by atoms with Crippen LogP contribution in [0.3, 0.4) is 0 Å². The second-order valence-corrected chi connectivity index (χ2v) is 13.7. The quantitative estimate of drug-likeness (QED) is 0.145. The Hall–Kier alpha value is -3.86. The Bertz CT molecular complexity index is 1700. The number of anilines is 1. The van der Waals surface area contributed by atoms with E-state index in [1.807, 2.05) is 44.2 Å². The Morgan fingerprint density at radius 3 is 2.17 bits per heavy atom. The van der Waals surface area contributed by atoms with Crippen LogP contribution in [0, 0.1) is 0 Å². The number of rotatable bonds is 15. The zero-order valence-electron chi connectivity index (χ0n) is 25.7. The van der Waals surface area contributed by atoms with Crippen molar-refractivity contribution in [3.05, 3.63) is 124 Å². The van der Waals surface area contributed by atoms with Crippen molar-refractivity contribution < 1.29 is 22.7 Å². The summed E-state index contributed by atoms with van der Waals surface area (Å²) < 4.78 is 35.7. The number of hydrogen-bond donors (Lipinski definition) is 1. The van der Waals surface area contributed by atoms with Crippen molar-refractivity contribution in [2.24, 2.45) is 0 Å². The number of benzene rings is 4. The SMILES string of the molecule is CCCNC(=O)[C@@H](Cc1ccccc1)N(Cc1ccccc1Cl)C(=O)CN(c1ccc(OCC)cc1)S(=O)(=O)c1ccc(Br)cc1. The topological polar surface area (TPSA) is 96.0 Å². The maximum Gasteiger partial charge on any atom is 0.264 e. The molecule has 242 valence electrons. The van der Waals surface area contributed by atoms with E-state index in [0.717, 1.165) is 9.87 Å². The summed E-state index contributed by atoms with van der Waals surface area (Å²) in [7, 11) is -4.23. The molecule has 2 amide bonds. The highest BCUT2D eigenvalue weighted by Crippen LogP contribution is 2.28. The number of ether oxygens (including phenoxy) is 1. The summed E-state index contributed by atoms with van der Waals surface area (Å²) in [5.41, 5.74) is 1.75. The maximum atomic E-state index is 14.5. The van der Waals surface area contributed by atoms with Gasteiger partial charge in [0.25, 0.3) is 10.0 Å². The molecule has 0 aromatic heterocycles. The molecule has 4 aromatic rings. The summed E-state index contributed by atoms with van der Waals surface area (Å²) in [6.45, 7) is 4.09. The van der Waals surface area contributed by atoms with Crippen LogP contribution in [0.15, 0.2) is 112 Å². The molecule has 11 heteroatoms. The number of carbonyl (C=O) groups is 2. The van der Waals surface area contributed by atoms with Crippen LogP contribution >= 0.6 is 27.5 Å². The second kappa shape index (κ2) is 16.6. The molecular formula is C35H37BrClN3O5S. The fraction of sp³-hybridized carbons (Fsp3) is 0.257. The minimum Gasteiger partial charge on any atom is -0.494 e. The van der Waals surface area contributed by atoms with Crippen LogP contribution in [0.2, 0.25) is 5.02 Å². The van der Waals surface area contributed by atoms with E-state index in [1.165, 1.54) is 17.0 Å². The lowest BCUT2D eigenvalue weighted by molar-refractivity contribution is -0.140. The molecule has 0 bridgehead atoms. The molecule has 1 atom stereocenters. The van der Waals surface area contributed by atoms with E-state index in [-0.39, 0.29) is 29.5 Å². The average molecular weight is 727 g/mol. The van der Waals surface area contributed by atoms with E-state index in [2.05, 4.69) is 21.2 Å². The number of amides is 2. The number of hydrogen-bond acceptors (Lipinski definition) is 5. The first-order valence-electron chi connectivity index (χ1n) is 15.0. The summed E-state index contributed by atoms with van der Waals surface area (Å²) in [5.74, 6) is -0.342. The van der Waals surface area contributed by atoms with Crippen LogP contribution in [-0.4, -0.2) is 50.9 Å². The maximum absolute atomic E-state index is 14.5. The van der Waals surface area contributed by atoms with Gasteiger partial charge in [-0.05, 0) is 79.1 Å². The lowest BCUT2D eigenvalue weighted by Gasteiger charge is -2.34. The zero-order valence-corrected chi connectivity index (χ0v) is 28.9. The number of carbonyl (C=O) groups excluding carboxylic acids is 2. The predicted octanol–water partition coefficient (Wildman–Crippen LogP) is 6.86. The smallest absolute Gasteiger partial charge is 0.264 e. The van der Waals surface area contributed by atoms with Crippen molar-refractivity contribution in [3.8, 4) is 5.75 Å². The van der Waals surface area contributed by atoms with E-state index in [9.17, 15) is 18.0 Å². The highest BCUT2D eigenvalue weighted by molar-refractivity contribution is 9.10. The third-order valence-corrected chi connectivity index (χ3v) is 9.92. The van der Waals surface area contributed by atoms with Crippen LogP contribution in [0.4, 0.5) is 5.69 Å². The number of nitrogens with one attached hydrogen (secondary N) is 1. The van der Waals surface area contributed by atoms with Crippen molar-refractivity contribution in [2.75, 3.05) is 24.0 Å². The van der Waals surface area contributed by atoms with E-state index in [0.29, 0.717) is 40.4 Å². The zero-order chi connectivity index (χ0) is 33.1. The van der Waals surface area contributed by atoms with Gasteiger partial charge in [0.2, 0.25) is 11.8 Å². The molecule has 0 aliphatic rings. The summed E-state index contributed by atoms with van der Waals surface area (Å²) in [6, 6.07) is 28.3. The van der Waals surface area contributed by atoms with Gasteiger partial charge in [0, 0.05) is 29.0 Å². The largest absolute Gasteiger partial charge is 0.494 e. The molecule has 0 aliphatic carbocycles. The molecule has 4 rings (SSSR count). The molecule has 0 saturated carbocycles. The highest BCUT2D eigenvalue weighted by atomic mass is 79.9. The van der Waals surface area contributed by atoms with Crippen molar-refractivity contribution in [2.45, 2.75) is 44.2 Å². The van der Waals surface area contributed by atoms with E-state index >= 15 is 0 Å². The van der Waals surface area contributed by atoms with Gasteiger partial charge >= 0.3 is 0 Å². The van der Waals surface area contributed by atoms with E-state index in [4.69, 9.17) is 16.3 Å². The van der Waals surface area contributed by atoms with Gasteiger partial charge in [-0.2, -0.15) is 0 Å². The number of sulfonamides is 1. The van der Waals surface area contributed by atoms with Crippen LogP contribution in [0.25, 0.3) is 0 Å².